The van der Waals surface area contributed by atoms with Crippen molar-refractivity contribution >= 4 is 37.3 Å². The first-order valence-electron chi connectivity index (χ1n) is 7.35. The Morgan fingerprint density at radius 1 is 1.38 bits per heavy atom. The van der Waals surface area contributed by atoms with Crippen LogP contribution in [0.5, 0.6) is 0 Å². The summed E-state index contributed by atoms with van der Waals surface area (Å²) in [6, 6.07) is 1.76. The molecule has 0 aromatic carbocycles. The summed E-state index contributed by atoms with van der Waals surface area (Å²) in [6.07, 6.45) is 4.61. The lowest BCUT2D eigenvalue weighted by atomic mass is 9.89. The highest BCUT2D eigenvalue weighted by Crippen LogP contribution is 2.37. The largest absolute Gasteiger partial charge is 0.312 e. The van der Waals surface area contributed by atoms with Crippen LogP contribution in [0, 0.1) is 5.41 Å². The molecule has 1 heterocycles. The number of hydrogen-bond acceptors (Lipinski definition) is 4. The van der Waals surface area contributed by atoms with Crippen molar-refractivity contribution < 1.29 is 8.42 Å². The number of nitrogens with one attached hydrogen (secondary N) is 2. The maximum absolute atomic E-state index is 12.5. The minimum atomic E-state index is -3.43. The molecule has 7 heteroatoms. The Kier molecular flexibility index (Phi) is 5.87. The highest BCUT2D eigenvalue weighted by atomic mass is 79.9. The molecule has 0 atom stereocenters. The highest BCUT2D eigenvalue weighted by molar-refractivity contribution is 9.11. The quantitative estimate of drug-likeness (QED) is 0.743. The van der Waals surface area contributed by atoms with Gasteiger partial charge in [-0.15, -0.1) is 11.3 Å². The van der Waals surface area contributed by atoms with Crippen LogP contribution in [0.3, 0.4) is 0 Å². The molecule has 0 bridgehead atoms. The molecule has 2 rings (SSSR count). The predicted molar refractivity (Wildman–Crippen MR) is 91.2 cm³/mol. The molecule has 0 radical (unpaired) electrons. The lowest BCUT2D eigenvalue weighted by molar-refractivity contribution is 0.336. The number of sulfonamides is 1. The normalized spacial score (nSPS) is 18.2. The number of halogens is 1. The molecular weight excluding hydrogens is 372 g/mol. The number of hydrogen-bond donors (Lipinski definition) is 2. The molecule has 0 unspecified atom stereocenters. The molecule has 1 aliphatic rings. The van der Waals surface area contributed by atoms with E-state index in [1.165, 1.54) is 24.2 Å². The molecule has 4 nitrogen and oxygen atoms in total. The maximum atomic E-state index is 12.5. The van der Waals surface area contributed by atoms with E-state index >= 15 is 0 Å². The van der Waals surface area contributed by atoms with Gasteiger partial charge in [-0.05, 0) is 46.8 Å². The van der Waals surface area contributed by atoms with Crippen LogP contribution >= 0.6 is 27.3 Å². The standard InChI is InChI=1S/C14H23BrN2O2S2/c1-3-16-9-11-8-12(13(15)20-11)21(18,19)17-10-14(2)6-4-5-7-14/h8,16-17H,3-7,9-10H2,1-2H3. The lowest BCUT2D eigenvalue weighted by Crippen LogP contribution is -2.34. The van der Waals surface area contributed by atoms with Gasteiger partial charge in [0.1, 0.15) is 4.90 Å². The zero-order chi connectivity index (χ0) is 15.5. The van der Waals surface area contributed by atoms with Gasteiger partial charge in [0.2, 0.25) is 10.0 Å². The second kappa shape index (κ2) is 7.08. The van der Waals surface area contributed by atoms with Crippen LogP contribution in [0.2, 0.25) is 0 Å². The first kappa shape index (κ1) is 17.4. The van der Waals surface area contributed by atoms with Gasteiger partial charge >= 0.3 is 0 Å². The van der Waals surface area contributed by atoms with Crippen LogP contribution in [0.1, 0.15) is 44.4 Å². The Labute approximate surface area is 139 Å². The summed E-state index contributed by atoms with van der Waals surface area (Å²) in [5.41, 5.74) is 0.113. The smallest absolute Gasteiger partial charge is 0.242 e. The molecule has 0 amide bonds. The van der Waals surface area contributed by atoms with Crippen molar-refractivity contribution in [2.45, 2.75) is 51.0 Å². The molecule has 0 saturated heterocycles. The van der Waals surface area contributed by atoms with Crippen LogP contribution < -0.4 is 10.0 Å². The van der Waals surface area contributed by atoms with Gasteiger partial charge in [-0.25, -0.2) is 13.1 Å². The zero-order valence-corrected chi connectivity index (χ0v) is 15.8. The first-order valence-corrected chi connectivity index (χ1v) is 10.4. The molecule has 1 aliphatic carbocycles. The van der Waals surface area contributed by atoms with E-state index in [4.69, 9.17) is 0 Å². The summed E-state index contributed by atoms with van der Waals surface area (Å²) in [6.45, 7) is 6.30. The van der Waals surface area contributed by atoms with Crippen molar-refractivity contribution in [3.63, 3.8) is 0 Å². The predicted octanol–water partition coefficient (Wildman–Crippen LogP) is 3.48. The van der Waals surface area contributed by atoms with Gasteiger partial charge in [0, 0.05) is 18.0 Å². The highest BCUT2D eigenvalue weighted by Gasteiger charge is 2.31. The maximum Gasteiger partial charge on any atom is 0.242 e. The molecule has 21 heavy (non-hydrogen) atoms. The van der Waals surface area contributed by atoms with Crippen molar-refractivity contribution in [3.05, 3.63) is 14.7 Å². The Hall–Kier alpha value is 0.0500. The Morgan fingerprint density at radius 3 is 2.67 bits per heavy atom. The van der Waals surface area contributed by atoms with Crippen molar-refractivity contribution in [2.75, 3.05) is 13.1 Å². The van der Waals surface area contributed by atoms with E-state index in [1.807, 2.05) is 6.92 Å². The fourth-order valence-corrected chi connectivity index (χ4v) is 6.52. The van der Waals surface area contributed by atoms with Crippen LogP contribution in [0.4, 0.5) is 0 Å². The number of rotatable bonds is 7. The van der Waals surface area contributed by atoms with Gasteiger partial charge in [0.05, 0.1) is 3.79 Å². The third-order valence-electron chi connectivity index (χ3n) is 4.04. The van der Waals surface area contributed by atoms with Crippen molar-refractivity contribution in [1.29, 1.82) is 0 Å². The second-order valence-corrected chi connectivity index (χ2v) is 10.2. The zero-order valence-electron chi connectivity index (χ0n) is 12.5. The van der Waals surface area contributed by atoms with Crippen LogP contribution in [0.25, 0.3) is 0 Å². The minimum Gasteiger partial charge on any atom is -0.312 e. The van der Waals surface area contributed by atoms with Gasteiger partial charge in [0.25, 0.3) is 0 Å². The minimum absolute atomic E-state index is 0.113. The summed E-state index contributed by atoms with van der Waals surface area (Å²) in [4.78, 5) is 1.39. The van der Waals surface area contributed by atoms with E-state index in [9.17, 15) is 8.42 Å². The van der Waals surface area contributed by atoms with Crippen molar-refractivity contribution in [2.24, 2.45) is 5.41 Å². The monoisotopic (exact) mass is 394 g/mol. The van der Waals surface area contributed by atoms with Gasteiger partial charge in [0.15, 0.2) is 0 Å². The average molecular weight is 395 g/mol. The van der Waals surface area contributed by atoms with E-state index in [-0.39, 0.29) is 5.41 Å². The molecule has 120 valence electrons. The molecule has 1 aromatic heterocycles. The molecule has 0 spiro atoms. The van der Waals surface area contributed by atoms with Crippen LogP contribution in [0.15, 0.2) is 14.7 Å². The summed E-state index contributed by atoms with van der Waals surface area (Å²) < 4.78 is 28.4. The van der Waals surface area contributed by atoms with E-state index in [1.54, 1.807) is 6.07 Å². The Bertz CT molecular complexity index is 578. The Balaban J connectivity index is 2.06. The van der Waals surface area contributed by atoms with E-state index < -0.39 is 10.0 Å². The third-order valence-corrected chi connectivity index (χ3v) is 7.70. The van der Waals surface area contributed by atoms with Gasteiger partial charge in [-0.2, -0.15) is 0 Å². The fourth-order valence-electron chi connectivity index (χ4n) is 2.67. The lowest BCUT2D eigenvalue weighted by Gasteiger charge is -2.23. The molecule has 1 saturated carbocycles. The summed E-state index contributed by atoms with van der Waals surface area (Å²) in [5, 5.41) is 3.21. The van der Waals surface area contributed by atoms with Crippen molar-refractivity contribution in [1.82, 2.24) is 10.0 Å². The number of thiophene rings is 1. The molecule has 1 fully saturated rings. The fraction of sp³-hybridized carbons (Fsp3) is 0.714. The second-order valence-electron chi connectivity index (χ2n) is 5.97. The summed E-state index contributed by atoms with van der Waals surface area (Å²) in [7, 11) is -3.43. The summed E-state index contributed by atoms with van der Waals surface area (Å²) in [5.74, 6) is 0. The third kappa shape index (κ3) is 4.51. The Morgan fingerprint density at radius 2 is 2.05 bits per heavy atom. The summed E-state index contributed by atoms with van der Waals surface area (Å²) >= 11 is 4.86. The van der Waals surface area contributed by atoms with E-state index in [0.717, 1.165) is 24.3 Å². The molecule has 2 N–H and O–H groups in total. The molecular formula is C14H23BrN2O2S2. The van der Waals surface area contributed by atoms with Crippen LogP contribution in [-0.4, -0.2) is 21.5 Å². The first-order chi connectivity index (χ1) is 9.86. The van der Waals surface area contributed by atoms with E-state index in [2.05, 4.69) is 32.9 Å². The SMILES string of the molecule is CCNCc1cc(S(=O)(=O)NCC2(C)CCCC2)c(Br)s1. The van der Waals surface area contributed by atoms with Gasteiger partial charge < -0.3 is 5.32 Å². The van der Waals surface area contributed by atoms with Crippen molar-refractivity contribution in [3.8, 4) is 0 Å². The van der Waals surface area contributed by atoms with E-state index in [0.29, 0.717) is 21.8 Å². The van der Waals surface area contributed by atoms with Gasteiger partial charge in [-0.3, -0.25) is 0 Å². The van der Waals surface area contributed by atoms with Gasteiger partial charge in [-0.1, -0.05) is 26.7 Å². The molecule has 0 aliphatic heterocycles. The average Bonchev–Trinajstić information content (AvgIpc) is 3.02. The van der Waals surface area contributed by atoms with Crippen LogP contribution in [-0.2, 0) is 16.6 Å². The topological polar surface area (TPSA) is 58.2 Å². The molecule has 1 aromatic rings.